The van der Waals surface area contributed by atoms with Crippen molar-refractivity contribution < 1.29 is 13.9 Å². The molecule has 2 N–H and O–H groups in total. The first kappa shape index (κ1) is 23.9. The molecule has 35 heavy (non-hydrogen) atoms. The zero-order valence-electron chi connectivity index (χ0n) is 20.4. The molecule has 3 fully saturated rings. The molecule has 1 aromatic heterocycles. The van der Waals surface area contributed by atoms with E-state index < -0.39 is 0 Å². The van der Waals surface area contributed by atoms with Gasteiger partial charge >= 0.3 is 0 Å². The summed E-state index contributed by atoms with van der Waals surface area (Å²) in [5.74, 6) is 0.443. The fraction of sp³-hybridized carbons (Fsp3) is 0.519. The van der Waals surface area contributed by atoms with E-state index in [-0.39, 0.29) is 11.7 Å². The highest BCUT2D eigenvalue weighted by Gasteiger charge is 2.32. The molecule has 186 valence electrons. The van der Waals surface area contributed by atoms with Gasteiger partial charge in [-0.2, -0.15) is 0 Å². The minimum Gasteiger partial charge on any atom is -0.379 e. The van der Waals surface area contributed by atoms with E-state index in [9.17, 15) is 9.18 Å². The van der Waals surface area contributed by atoms with Crippen molar-refractivity contribution in [1.29, 1.82) is 5.41 Å². The number of morpholine rings is 1. The molecule has 0 bridgehead atoms. The Balaban J connectivity index is 1.47. The van der Waals surface area contributed by atoms with E-state index in [1.54, 1.807) is 19.1 Å². The Hall–Kier alpha value is -2.84. The number of carbonyl (C=O) groups is 1. The minimum absolute atomic E-state index is 0.207. The lowest BCUT2D eigenvalue weighted by Gasteiger charge is -2.41. The van der Waals surface area contributed by atoms with Crippen LogP contribution in [0, 0.1) is 24.1 Å². The first-order valence-electron chi connectivity index (χ1n) is 12.7. The van der Waals surface area contributed by atoms with Crippen LogP contribution < -0.4 is 10.2 Å². The lowest BCUT2D eigenvalue weighted by atomic mass is 9.79. The number of pyridine rings is 1. The van der Waals surface area contributed by atoms with Gasteiger partial charge in [-0.3, -0.25) is 9.69 Å². The van der Waals surface area contributed by atoms with Gasteiger partial charge in [-0.05, 0) is 62.4 Å². The number of hydrogen-bond donors (Lipinski definition) is 2. The smallest absolute Gasteiger partial charge is 0.168 e. The lowest BCUT2D eigenvalue weighted by molar-refractivity contribution is 0.0115. The number of aldehydes is 1. The first-order valence-corrected chi connectivity index (χ1v) is 12.7. The molecule has 7 nitrogen and oxygen atoms in total. The molecule has 0 spiro atoms. The predicted molar refractivity (Wildman–Crippen MR) is 136 cm³/mol. The Morgan fingerprint density at radius 3 is 2.51 bits per heavy atom. The summed E-state index contributed by atoms with van der Waals surface area (Å²) in [4.78, 5) is 21.3. The fourth-order valence-corrected chi connectivity index (χ4v) is 5.39. The number of rotatable bonds is 7. The summed E-state index contributed by atoms with van der Waals surface area (Å²) in [5, 5.41) is 12.4. The van der Waals surface area contributed by atoms with Crippen LogP contribution in [0.3, 0.4) is 0 Å². The van der Waals surface area contributed by atoms with E-state index >= 15 is 0 Å². The zero-order valence-corrected chi connectivity index (χ0v) is 20.4. The average molecular weight is 480 g/mol. The maximum atomic E-state index is 13.9. The molecule has 5 rings (SSSR count). The van der Waals surface area contributed by atoms with Crippen LogP contribution in [0.2, 0.25) is 0 Å². The molecule has 0 unspecified atom stereocenters. The normalized spacial score (nSPS) is 19.9. The summed E-state index contributed by atoms with van der Waals surface area (Å²) >= 11 is 0. The van der Waals surface area contributed by atoms with E-state index in [0.29, 0.717) is 34.5 Å². The van der Waals surface area contributed by atoms with Crippen LogP contribution >= 0.6 is 0 Å². The Morgan fingerprint density at radius 1 is 1.14 bits per heavy atom. The molecular weight excluding hydrogens is 445 g/mol. The number of nitrogens with one attached hydrogen (secondary N) is 2. The minimum atomic E-state index is -0.267. The zero-order chi connectivity index (χ0) is 24.4. The van der Waals surface area contributed by atoms with Crippen molar-refractivity contribution in [2.45, 2.75) is 45.1 Å². The second-order valence-corrected chi connectivity index (χ2v) is 9.90. The van der Waals surface area contributed by atoms with Gasteiger partial charge in [-0.25, -0.2) is 9.37 Å². The van der Waals surface area contributed by atoms with E-state index in [1.165, 1.54) is 6.07 Å². The number of ether oxygens (including phenoxy) is 1. The maximum Gasteiger partial charge on any atom is 0.168 e. The quantitative estimate of drug-likeness (QED) is 0.448. The van der Waals surface area contributed by atoms with E-state index in [0.717, 1.165) is 89.0 Å². The monoisotopic (exact) mass is 479 g/mol. The second-order valence-electron chi connectivity index (χ2n) is 9.90. The lowest BCUT2D eigenvalue weighted by Crippen LogP contribution is -2.49. The van der Waals surface area contributed by atoms with Gasteiger partial charge in [0.1, 0.15) is 17.3 Å². The van der Waals surface area contributed by atoms with Gasteiger partial charge in [0.25, 0.3) is 0 Å². The van der Waals surface area contributed by atoms with Gasteiger partial charge < -0.3 is 20.4 Å². The Labute approximate surface area is 206 Å². The number of nitrogens with zero attached hydrogens (tertiary/aromatic N) is 3. The molecule has 0 amide bonds. The van der Waals surface area contributed by atoms with Crippen molar-refractivity contribution in [3.8, 4) is 0 Å². The van der Waals surface area contributed by atoms with E-state index in [4.69, 9.17) is 10.1 Å². The van der Waals surface area contributed by atoms with Crippen molar-refractivity contribution in [3.63, 3.8) is 0 Å². The van der Waals surface area contributed by atoms with E-state index in [2.05, 4.69) is 20.1 Å². The highest BCUT2D eigenvalue weighted by molar-refractivity contribution is 6.10. The van der Waals surface area contributed by atoms with Gasteiger partial charge in [0.2, 0.25) is 0 Å². The molecule has 1 aromatic carbocycles. The van der Waals surface area contributed by atoms with Crippen LogP contribution in [0.1, 0.15) is 53.7 Å². The number of hydrogen-bond acceptors (Lipinski definition) is 7. The molecule has 1 saturated carbocycles. The van der Waals surface area contributed by atoms with Crippen LogP contribution in [-0.2, 0) is 4.74 Å². The van der Waals surface area contributed by atoms with Crippen molar-refractivity contribution in [3.05, 3.63) is 46.9 Å². The van der Waals surface area contributed by atoms with Gasteiger partial charge in [0, 0.05) is 49.5 Å². The van der Waals surface area contributed by atoms with Crippen molar-refractivity contribution in [2.75, 3.05) is 49.6 Å². The van der Waals surface area contributed by atoms with Gasteiger partial charge in [0.15, 0.2) is 6.29 Å². The van der Waals surface area contributed by atoms with Crippen molar-refractivity contribution in [2.24, 2.45) is 5.92 Å². The number of anilines is 3. The molecule has 2 aliphatic heterocycles. The largest absolute Gasteiger partial charge is 0.379 e. The highest BCUT2D eigenvalue weighted by Crippen LogP contribution is 2.38. The number of benzene rings is 1. The standard InChI is InChI=1S/C27H34FN5O2/c1-18-15-20(5-6-23(18)28)30-27-25(26(29)19-3-2-4-19)24(16-21(17-34)31-27)33-9-7-22(8-10-33)32-11-13-35-14-12-32/h5-6,15-17,19,22,29H,2-4,7-14H2,1H3,(H,30,31). The van der Waals surface area contributed by atoms with Gasteiger partial charge in [-0.15, -0.1) is 0 Å². The summed E-state index contributed by atoms with van der Waals surface area (Å²) in [6.45, 7) is 7.02. The highest BCUT2D eigenvalue weighted by atomic mass is 19.1. The molecule has 8 heteroatoms. The second kappa shape index (κ2) is 10.4. The molecule has 0 radical (unpaired) electrons. The summed E-state index contributed by atoms with van der Waals surface area (Å²) in [7, 11) is 0. The summed E-state index contributed by atoms with van der Waals surface area (Å²) < 4.78 is 19.4. The number of piperidine rings is 1. The van der Waals surface area contributed by atoms with Crippen LogP contribution in [0.15, 0.2) is 24.3 Å². The molecule has 2 saturated heterocycles. The summed E-state index contributed by atoms with van der Waals surface area (Å²) in [5.41, 5.74) is 3.81. The first-order chi connectivity index (χ1) is 17.0. The summed E-state index contributed by atoms with van der Waals surface area (Å²) in [6.07, 6.45) is 5.97. The Kier molecular flexibility index (Phi) is 7.11. The molecular formula is C27H34FN5O2. The molecule has 1 aliphatic carbocycles. The van der Waals surface area contributed by atoms with Crippen LogP contribution in [0.5, 0.6) is 0 Å². The third kappa shape index (κ3) is 5.09. The summed E-state index contributed by atoms with van der Waals surface area (Å²) in [6, 6.07) is 7.20. The topological polar surface area (TPSA) is 81.6 Å². The van der Waals surface area contributed by atoms with Gasteiger partial charge in [0.05, 0.1) is 24.5 Å². The Bertz CT molecular complexity index is 1090. The maximum absolute atomic E-state index is 13.9. The average Bonchev–Trinajstić information content (AvgIpc) is 2.85. The third-order valence-electron chi connectivity index (χ3n) is 7.71. The SMILES string of the molecule is Cc1cc(Nc2nc(C=O)cc(N3CCC(N4CCOCC4)CC3)c2C(=N)C2CCC2)ccc1F. The van der Waals surface area contributed by atoms with Crippen molar-refractivity contribution >= 4 is 29.2 Å². The number of aromatic nitrogens is 1. The predicted octanol–water partition coefficient (Wildman–Crippen LogP) is 4.55. The molecule has 3 heterocycles. The molecule has 3 aliphatic rings. The molecule has 0 atom stereocenters. The Morgan fingerprint density at radius 2 is 1.89 bits per heavy atom. The third-order valence-corrected chi connectivity index (χ3v) is 7.71. The number of halogens is 1. The van der Waals surface area contributed by atoms with Gasteiger partial charge in [-0.1, -0.05) is 6.42 Å². The molecule has 2 aromatic rings. The van der Waals surface area contributed by atoms with E-state index in [1.807, 2.05) is 6.07 Å². The number of aryl methyl sites for hydroxylation is 1. The fourth-order valence-electron chi connectivity index (χ4n) is 5.39. The number of carbonyl (C=O) groups excluding carboxylic acids is 1. The van der Waals surface area contributed by atoms with Crippen molar-refractivity contribution in [1.82, 2.24) is 9.88 Å². The van der Waals surface area contributed by atoms with Crippen LogP contribution in [0.25, 0.3) is 0 Å². The van der Waals surface area contributed by atoms with Crippen LogP contribution in [0.4, 0.5) is 21.6 Å². The van der Waals surface area contributed by atoms with Crippen LogP contribution in [-0.4, -0.2) is 67.3 Å².